The van der Waals surface area contributed by atoms with Crippen molar-refractivity contribution in [1.82, 2.24) is 10.6 Å². The second-order valence-corrected chi connectivity index (χ2v) is 4.54. The van der Waals surface area contributed by atoms with Gasteiger partial charge in [0.2, 0.25) is 0 Å². The zero-order valence-corrected chi connectivity index (χ0v) is 12.4. The molecule has 0 saturated carbocycles. The smallest absolute Gasteiger partial charge is 0.340 e. The van der Waals surface area contributed by atoms with Crippen molar-refractivity contribution in [3.8, 4) is 0 Å². The Morgan fingerprint density at radius 3 is 2.67 bits per heavy atom. The lowest BCUT2D eigenvalue weighted by Gasteiger charge is -2.13. The average molecular weight is 314 g/mol. The monoisotopic (exact) mass is 313 g/mol. The Hall–Kier alpha value is -2.28. The summed E-state index contributed by atoms with van der Waals surface area (Å²) in [4.78, 5) is 34.7. The number of nitrogens with one attached hydrogen (secondary N) is 2. The molecule has 0 spiro atoms. The van der Waals surface area contributed by atoms with Crippen molar-refractivity contribution >= 4 is 35.2 Å². The number of imide groups is 1. The van der Waals surface area contributed by atoms with E-state index in [1.54, 1.807) is 6.92 Å². The van der Waals surface area contributed by atoms with E-state index >= 15 is 0 Å². The average Bonchev–Trinajstić information content (AvgIpc) is 2.41. The largest absolute Gasteiger partial charge is 0.449 e. The van der Waals surface area contributed by atoms with E-state index in [0.29, 0.717) is 12.2 Å². The maximum atomic E-state index is 11.9. The molecule has 4 N–H and O–H groups in total. The number of esters is 1. The number of nitrogens with two attached hydrogens (primary N) is 1. The maximum Gasteiger partial charge on any atom is 0.340 e. The zero-order chi connectivity index (χ0) is 16.0. The van der Waals surface area contributed by atoms with Gasteiger partial charge in [-0.1, -0.05) is 11.6 Å². The summed E-state index contributed by atoms with van der Waals surface area (Å²) in [6, 6.07) is 3.67. The Morgan fingerprint density at radius 2 is 2.05 bits per heavy atom. The van der Waals surface area contributed by atoms with Crippen LogP contribution in [0.1, 0.15) is 24.2 Å². The van der Waals surface area contributed by atoms with Gasteiger partial charge in [0.05, 0.1) is 10.6 Å². The van der Waals surface area contributed by atoms with Crippen LogP contribution in [0.25, 0.3) is 0 Å². The minimum atomic E-state index is -1.15. The zero-order valence-electron chi connectivity index (χ0n) is 11.6. The fourth-order valence-corrected chi connectivity index (χ4v) is 1.59. The number of hydrogen-bond acceptors (Lipinski definition) is 5. The van der Waals surface area contributed by atoms with E-state index in [2.05, 4.69) is 5.32 Å². The summed E-state index contributed by atoms with van der Waals surface area (Å²) in [5.41, 5.74) is 5.95. The van der Waals surface area contributed by atoms with Gasteiger partial charge < -0.3 is 15.8 Å². The third-order valence-corrected chi connectivity index (χ3v) is 2.77. The van der Waals surface area contributed by atoms with Gasteiger partial charge in [0.1, 0.15) is 0 Å². The van der Waals surface area contributed by atoms with Crippen LogP contribution in [0.5, 0.6) is 0 Å². The number of halogens is 1. The van der Waals surface area contributed by atoms with Crippen LogP contribution >= 0.6 is 11.6 Å². The summed E-state index contributed by atoms with van der Waals surface area (Å²) in [7, 11) is 0. The molecule has 1 rings (SSSR count). The van der Waals surface area contributed by atoms with Crippen molar-refractivity contribution < 1.29 is 19.1 Å². The summed E-state index contributed by atoms with van der Waals surface area (Å²) in [5.74, 6) is -1.54. The van der Waals surface area contributed by atoms with Crippen LogP contribution < -0.4 is 16.4 Å². The van der Waals surface area contributed by atoms with Gasteiger partial charge in [-0.3, -0.25) is 10.1 Å². The topological polar surface area (TPSA) is 111 Å². The van der Waals surface area contributed by atoms with Gasteiger partial charge in [-0.25, -0.2) is 9.59 Å². The van der Waals surface area contributed by atoms with Gasteiger partial charge in [0, 0.05) is 12.2 Å². The van der Waals surface area contributed by atoms with Crippen molar-refractivity contribution in [3.63, 3.8) is 0 Å². The van der Waals surface area contributed by atoms with Crippen molar-refractivity contribution in [2.24, 2.45) is 0 Å². The molecule has 21 heavy (non-hydrogen) atoms. The molecule has 1 atom stereocenters. The van der Waals surface area contributed by atoms with Gasteiger partial charge in [-0.05, 0) is 32.0 Å². The Labute approximate surface area is 126 Å². The van der Waals surface area contributed by atoms with Crippen LogP contribution in [0.2, 0.25) is 5.02 Å². The van der Waals surface area contributed by atoms with Gasteiger partial charge in [0.15, 0.2) is 6.10 Å². The number of carbonyl (C=O) groups excluding carboxylic acids is 3. The SMILES string of the molecule is CCNC(=O)NC(=O)C(C)OC(=O)c1cc(N)ccc1Cl. The lowest BCUT2D eigenvalue weighted by atomic mass is 10.2. The number of rotatable bonds is 4. The van der Waals surface area contributed by atoms with Crippen molar-refractivity contribution in [1.29, 1.82) is 0 Å². The van der Waals surface area contributed by atoms with E-state index in [1.165, 1.54) is 25.1 Å². The molecule has 3 amide bonds. The number of nitrogen functional groups attached to an aromatic ring is 1. The summed E-state index contributed by atoms with van der Waals surface area (Å²) < 4.78 is 4.94. The highest BCUT2D eigenvalue weighted by molar-refractivity contribution is 6.33. The molecule has 0 fully saturated rings. The van der Waals surface area contributed by atoms with E-state index in [1.807, 2.05) is 5.32 Å². The quantitative estimate of drug-likeness (QED) is 0.573. The number of urea groups is 1. The highest BCUT2D eigenvalue weighted by atomic mass is 35.5. The van der Waals surface area contributed by atoms with Crippen molar-refractivity contribution in [3.05, 3.63) is 28.8 Å². The minimum Gasteiger partial charge on any atom is -0.449 e. The van der Waals surface area contributed by atoms with Gasteiger partial charge in [0.25, 0.3) is 5.91 Å². The molecule has 0 aliphatic heterocycles. The second kappa shape index (κ2) is 7.49. The summed E-state index contributed by atoms with van der Waals surface area (Å²) in [6.07, 6.45) is -1.15. The van der Waals surface area contributed by atoms with E-state index in [4.69, 9.17) is 22.1 Å². The molecular formula is C13H16ClN3O4. The standard InChI is InChI=1S/C13H16ClN3O4/c1-3-16-13(20)17-11(18)7(2)21-12(19)9-6-8(15)4-5-10(9)14/h4-7H,3,15H2,1-2H3,(H2,16,17,18,20). The third-order valence-electron chi connectivity index (χ3n) is 2.44. The number of hydrogen-bond donors (Lipinski definition) is 3. The molecule has 1 unspecified atom stereocenters. The molecule has 0 radical (unpaired) electrons. The Bertz CT molecular complexity index is 562. The van der Waals surface area contributed by atoms with Crippen LogP contribution in [0.4, 0.5) is 10.5 Å². The summed E-state index contributed by atoms with van der Waals surface area (Å²) in [6.45, 7) is 3.41. The first-order valence-electron chi connectivity index (χ1n) is 6.19. The lowest BCUT2D eigenvalue weighted by molar-refractivity contribution is -0.127. The van der Waals surface area contributed by atoms with Gasteiger partial charge in [-0.2, -0.15) is 0 Å². The first-order chi connectivity index (χ1) is 9.85. The van der Waals surface area contributed by atoms with Crippen LogP contribution in [0.3, 0.4) is 0 Å². The fraction of sp³-hybridized carbons (Fsp3) is 0.308. The number of benzene rings is 1. The van der Waals surface area contributed by atoms with Crippen LogP contribution in [0.15, 0.2) is 18.2 Å². The number of amides is 3. The Kier molecular flexibility index (Phi) is 5.98. The predicted octanol–water partition coefficient (Wildman–Crippen LogP) is 1.31. The van der Waals surface area contributed by atoms with E-state index in [0.717, 1.165) is 0 Å². The van der Waals surface area contributed by atoms with Gasteiger partial charge in [-0.15, -0.1) is 0 Å². The molecule has 0 aliphatic carbocycles. The van der Waals surface area contributed by atoms with E-state index < -0.39 is 24.0 Å². The molecular weight excluding hydrogens is 298 g/mol. The normalized spacial score (nSPS) is 11.4. The van der Waals surface area contributed by atoms with E-state index in [9.17, 15) is 14.4 Å². The molecule has 0 saturated heterocycles. The highest BCUT2D eigenvalue weighted by Crippen LogP contribution is 2.20. The highest BCUT2D eigenvalue weighted by Gasteiger charge is 2.22. The third kappa shape index (κ3) is 4.96. The molecule has 0 heterocycles. The fourth-order valence-electron chi connectivity index (χ4n) is 1.40. The van der Waals surface area contributed by atoms with Gasteiger partial charge >= 0.3 is 12.0 Å². The Balaban J connectivity index is 2.67. The molecule has 0 aliphatic rings. The van der Waals surface area contributed by atoms with Crippen LogP contribution in [-0.2, 0) is 9.53 Å². The van der Waals surface area contributed by atoms with Crippen LogP contribution in [0, 0.1) is 0 Å². The molecule has 0 bridgehead atoms. The maximum absolute atomic E-state index is 11.9. The van der Waals surface area contributed by atoms with Crippen molar-refractivity contribution in [2.45, 2.75) is 20.0 Å². The summed E-state index contributed by atoms with van der Waals surface area (Å²) in [5, 5.41) is 4.58. The van der Waals surface area contributed by atoms with E-state index in [-0.39, 0.29) is 10.6 Å². The first-order valence-corrected chi connectivity index (χ1v) is 6.57. The molecule has 114 valence electrons. The molecule has 8 heteroatoms. The first kappa shape index (κ1) is 16.8. The number of ether oxygens (including phenoxy) is 1. The predicted molar refractivity (Wildman–Crippen MR) is 78.0 cm³/mol. The molecule has 1 aromatic carbocycles. The lowest BCUT2D eigenvalue weighted by Crippen LogP contribution is -2.44. The van der Waals surface area contributed by atoms with Crippen molar-refractivity contribution in [2.75, 3.05) is 12.3 Å². The molecule has 7 nitrogen and oxygen atoms in total. The number of carbonyl (C=O) groups is 3. The molecule has 0 aromatic heterocycles. The Morgan fingerprint density at radius 1 is 1.38 bits per heavy atom. The number of anilines is 1. The summed E-state index contributed by atoms with van der Waals surface area (Å²) >= 11 is 5.86. The molecule has 1 aromatic rings. The van der Waals surface area contributed by atoms with Crippen LogP contribution in [-0.4, -0.2) is 30.6 Å². The second-order valence-electron chi connectivity index (χ2n) is 4.14. The minimum absolute atomic E-state index is 0.0503.